The van der Waals surface area contributed by atoms with Crippen molar-refractivity contribution in [2.45, 2.75) is 6.42 Å². The molecule has 0 bridgehead atoms. The van der Waals surface area contributed by atoms with Gasteiger partial charge in [0.1, 0.15) is 0 Å². The van der Waals surface area contributed by atoms with Crippen LogP contribution in [0.2, 0.25) is 0 Å². The van der Waals surface area contributed by atoms with Gasteiger partial charge < -0.3 is 20.6 Å². The minimum Gasteiger partial charge on any atom is -0.466 e. The van der Waals surface area contributed by atoms with Crippen LogP contribution in [-0.2, 0) is 24.0 Å². The average Bonchev–Trinajstić information content (AvgIpc) is 2.21. The molecule has 0 aromatic rings. The molecule has 8 nitrogen and oxygen atoms in total. The summed E-state index contributed by atoms with van der Waals surface area (Å²) in [5, 5.41) is 5.63. The fraction of sp³-hybridized carbons (Fsp3) is 0.250. The maximum absolute atomic E-state index is 11.3. The largest absolute Gasteiger partial charge is 0.466 e. The lowest BCUT2D eigenvalue weighted by Gasteiger charge is -2.13. The maximum Gasteiger partial charge on any atom is 0.334 e. The van der Waals surface area contributed by atoms with Gasteiger partial charge in [0.25, 0.3) is 5.91 Å². The number of amides is 2. The third-order valence-electron chi connectivity index (χ3n) is 1.53. The van der Waals surface area contributed by atoms with Crippen LogP contribution < -0.4 is 11.1 Å². The minimum atomic E-state index is -0.751. The molecule has 0 aromatic heterocycles. The van der Waals surface area contributed by atoms with Gasteiger partial charge in [0.05, 0.1) is 19.6 Å². The molecule has 0 aromatic carbocycles. The van der Waals surface area contributed by atoms with Gasteiger partial charge in [-0.25, -0.2) is 4.79 Å². The monoisotopic (exact) mass is 227 g/mol. The van der Waals surface area contributed by atoms with Crippen LogP contribution in [0.1, 0.15) is 6.42 Å². The van der Waals surface area contributed by atoms with Crippen LogP contribution in [0, 0.1) is 0 Å². The number of primary amides is 1. The zero-order valence-corrected chi connectivity index (χ0v) is 8.35. The summed E-state index contributed by atoms with van der Waals surface area (Å²) in [6, 6.07) is 0. The summed E-state index contributed by atoms with van der Waals surface area (Å²) in [7, 11) is 1.15. The molecule has 0 aliphatic carbocycles. The van der Waals surface area contributed by atoms with E-state index in [9.17, 15) is 14.4 Å². The molecule has 1 aliphatic rings. The number of nitrogens with zero attached hydrogens (tertiary/aromatic N) is 1. The number of carbonyl (C=O) groups excluding carboxylic acids is 3. The van der Waals surface area contributed by atoms with E-state index in [-0.39, 0.29) is 18.0 Å². The van der Waals surface area contributed by atoms with E-state index in [4.69, 9.17) is 5.73 Å². The topological polar surface area (TPSA) is 120 Å². The SMILES string of the molecule is COC(=O)/C=C1/ON=C(CC(N)=O)NC1=O. The molecule has 0 unspecified atom stereocenters. The molecule has 1 heterocycles. The summed E-state index contributed by atoms with van der Waals surface area (Å²) in [6.45, 7) is 0. The van der Waals surface area contributed by atoms with Crippen LogP contribution >= 0.6 is 0 Å². The zero-order chi connectivity index (χ0) is 12.1. The summed E-state index contributed by atoms with van der Waals surface area (Å²) in [4.78, 5) is 37.2. The van der Waals surface area contributed by atoms with Crippen LogP contribution in [-0.4, -0.2) is 30.7 Å². The first-order valence-corrected chi connectivity index (χ1v) is 4.16. The van der Waals surface area contributed by atoms with Gasteiger partial charge in [0.15, 0.2) is 5.84 Å². The van der Waals surface area contributed by atoms with Crippen molar-refractivity contribution in [1.82, 2.24) is 5.32 Å². The molecule has 8 heteroatoms. The predicted molar refractivity (Wildman–Crippen MR) is 50.6 cm³/mol. The molecular weight excluding hydrogens is 218 g/mol. The molecule has 0 atom stereocenters. The highest BCUT2D eigenvalue weighted by atomic mass is 16.6. The third kappa shape index (κ3) is 3.08. The van der Waals surface area contributed by atoms with Crippen molar-refractivity contribution >= 4 is 23.6 Å². The Kier molecular flexibility index (Phi) is 3.59. The molecule has 2 amide bonds. The Balaban J connectivity index is 2.74. The first kappa shape index (κ1) is 11.7. The summed E-state index contributed by atoms with van der Waals surface area (Å²) in [6.07, 6.45) is 0.580. The summed E-state index contributed by atoms with van der Waals surface area (Å²) >= 11 is 0. The van der Waals surface area contributed by atoms with Crippen molar-refractivity contribution in [3.63, 3.8) is 0 Å². The number of nitrogens with two attached hydrogens (primary N) is 1. The van der Waals surface area contributed by atoms with Crippen LogP contribution in [0.5, 0.6) is 0 Å². The molecule has 1 aliphatic heterocycles. The summed E-state index contributed by atoms with van der Waals surface area (Å²) < 4.78 is 4.29. The van der Waals surface area contributed by atoms with Crippen molar-refractivity contribution in [2.24, 2.45) is 10.9 Å². The molecule has 1 rings (SSSR count). The number of amidine groups is 1. The molecule has 0 saturated carbocycles. The van der Waals surface area contributed by atoms with Gasteiger partial charge in [-0.3, -0.25) is 9.59 Å². The maximum atomic E-state index is 11.3. The number of hydrogen-bond acceptors (Lipinski definition) is 6. The Morgan fingerprint density at radius 3 is 2.81 bits per heavy atom. The quantitative estimate of drug-likeness (QED) is 0.443. The van der Waals surface area contributed by atoms with Crippen molar-refractivity contribution in [3.05, 3.63) is 11.8 Å². The molecule has 3 N–H and O–H groups in total. The number of nitrogens with one attached hydrogen (secondary N) is 1. The fourth-order valence-electron chi connectivity index (χ4n) is 0.861. The second-order valence-corrected chi connectivity index (χ2v) is 2.76. The molecule has 0 saturated heterocycles. The molecule has 0 fully saturated rings. The molecule has 0 radical (unpaired) electrons. The highest BCUT2D eigenvalue weighted by Gasteiger charge is 2.22. The van der Waals surface area contributed by atoms with E-state index in [1.54, 1.807) is 0 Å². The fourth-order valence-corrected chi connectivity index (χ4v) is 0.861. The second kappa shape index (κ2) is 4.91. The highest BCUT2D eigenvalue weighted by molar-refractivity contribution is 6.12. The van der Waals surface area contributed by atoms with E-state index in [1.165, 1.54) is 0 Å². The Morgan fingerprint density at radius 1 is 1.62 bits per heavy atom. The number of rotatable bonds is 3. The van der Waals surface area contributed by atoms with Gasteiger partial charge in [-0.05, 0) is 0 Å². The van der Waals surface area contributed by atoms with Gasteiger partial charge >= 0.3 is 5.97 Å². The number of hydrogen-bond donors (Lipinski definition) is 2. The predicted octanol–water partition coefficient (Wildman–Crippen LogP) is -1.62. The smallest absolute Gasteiger partial charge is 0.334 e. The summed E-state index contributed by atoms with van der Waals surface area (Å²) in [5.74, 6) is -2.45. The normalized spacial score (nSPS) is 17.2. The molecular formula is C8H9N3O5. The number of ether oxygens (including phenoxy) is 1. The third-order valence-corrected chi connectivity index (χ3v) is 1.53. The highest BCUT2D eigenvalue weighted by Crippen LogP contribution is 2.05. The van der Waals surface area contributed by atoms with Gasteiger partial charge in [-0.2, -0.15) is 0 Å². The first-order valence-electron chi connectivity index (χ1n) is 4.16. The van der Waals surface area contributed by atoms with E-state index in [1.807, 2.05) is 0 Å². The van der Waals surface area contributed by atoms with Crippen LogP contribution in [0.4, 0.5) is 0 Å². The Bertz CT molecular complexity index is 398. The number of oxime groups is 1. The van der Waals surface area contributed by atoms with E-state index >= 15 is 0 Å². The lowest BCUT2D eigenvalue weighted by atomic mass is 10.3. The van der Waals surface area contributed by atoms with Crippen molar-refractivity contribution in [2.75, 3.05) is 7.11 Å². The second-order valence-electron chi connectivity index (χ2n) is 2.76. The number of esters is 1. The zero-order valence-electron chi connectivity index (χ0n) is 8.35. The minimum absolute atomic E-state index is 0.0143. The molecule has 16 heavy (non-hydrogen) atoms. The standard InChI is InChI=1S/C8H9N3O5/c1-15-7(13)2-4-8(14)10-6(11-16-4)3-5(9)12/h2H,3H2,1H3,(H2,9,12)(H,10,11,14)/b4-2+. The van der Waals surface area contributed by atoms with Crippen molar-refractivity contribution in [3.8, 4) is 0 Å². The van der Waals surface area contributed by atoms with E-state index in [2.05, 4.69) is 20.0 Å². The number of carbonyl (C=O) groups is 3. The first-order chi connectivity index (χ1) is 7.52. The van der Waals surface area contributed by atoms with Crippen molar-refractivity contribution in [1.29, 1.82) is 0 Å². The Hall–Kier alpha value is -2.38. The van der Waals surface area contributed by atoms with Crippen molar-refractivity contribution < 1.29 is 24.0 Å². The van der Waals surface area contributed by atoms with Crippen LogP contribution in [0.3, 0.4) is 0 Å². The lowest BCUT2D eigenvalue weighted by Crippen LogP contribution is -2.38. The van der Waals surface area contributed by atoms with Gasteiger partial charge in [0.2, 0.25) is 11.7 Å². The number of methoxy groups -OCH3 is 1. The van der Waals surface area contributed by atoms with E-state index < -0.39 is 17.8 Å². The van der Waals surface area contributed by atoms with Crippen LogP contribution in [0.15, 0.2) is 17.0 Å². The average molecular weight is 227 g/mol. The summed E-state index contributed by atoms with van der Waals surface area (Å²) in [5.41, 5.74) is 4.89. The Labute approximate surface area is 90.0 Å². The van der Waals surface area contributed by atoms with Gasteiger partial charge in [-0.1, -0.05) is 5.16 Å². The van der Waals surface area contributed by atoms with Crippen LogP contribution in [0.25, 0.3) is 0 Å². The molecule has 86 valence electrons. The molecule has 0 spiro atoms. The van der Waals surface area contributed by atoms with E-state index in [0.717, 1.165) is 13.2 Å². The lowest BCUT2D eigenvalue weighted by molar-refractivity contribution is -0.135. The van der Waals surface area contributed by atoms with Gasteiger partial charge in [0, 0.05) is 0 Å². The van der Waals surface area contributed by atoms with E-state index in [0.29, 0.717) is 0 Å². The van der Waals surface area contributed by atoms with Gasteiger partial charge in [-0.15, -0.1) is 0 Å². The Morgan fingerprint density at radius 2 is 2.31 bits per heavy atom.